The van der Waals surface area contributed by atoms with Crippen LogP contribution in [0.15, 0.2) is 60.7 Å². The molecule has 2 aromatic carbocycles. The molecule has 0 radical (unpaired) electrons. The first kappa shape index (κ1) is 22.2. The van der Waals surface area contributed by atoms with Gasteiger partial charge in [0.2, 0.25) is 5.91 Å². The number of ether oxygens (including phenoxy) is 1. The molecule has 4 aromatic rings. The number of esters is 1. The van der Waals surface area contributed by atoms with Crippen LogP contribution in [-0.4, -0.2) is 33.7 Å². The maximum Gasteiger partial charge on any atom is 0.349 e. The molecule has 0 bridgehead atoms. The van der Waals surface area contributed by atoms with E-state index in [4.69, 9.17) is 4.74 Å². The first-order valence-electron chi connectivity index (χ1n) is 10.3. The van der Waals surface area contributed by atoms with E-state index in [1.165, 1.54) is 25.2 Å². The van der Waals surface area contributed by atoms with Crippen LogP contribution in [0.2, 0.25) is 0 Å². The van der Waals surface area contributed by atoms with E-state index in [9.17, 15) is 14.4 Å². The molecule has 0 saturated carbocycles. The van der Waals surface area contributed by atoms with Crippen LogP contribution in [0.1, 0.15) is 29.2 Å². The van der Waals surface area contributed by atoms with Gasteiger partial charge in [0.15, 0.2) is 6.10 Å². The van der Waals surface area contributed by atoms with E-state index >= 15 is 0 Å². The van der Waals surface area contributed by atoms with E-state index in [2.05, 4.69) is 15.7 Å². The van der Waals surface area contributed by atoms with Crippen LogP contribution in [0.5, 0.6) is 0 Å². The molecule has 8 nitrogen and oxygen atoms in total. The lowest BCUT2D eigenvalue weighted by molar-refractivity contribution is -0.123. The summed E-state index contributed by atoms with van der Waals surface area (Å²) in [4.78, 5) is 37.5. The first-order valence-corrected chi connectivity index (χ1v) is 11.1. The summed E-state index contributed by atoms with van der Waals surface area (Å²) in [7, 11) is 0. The van der Waals surface area contributed by atoms with Crippen LogP contribution in [0, 0.1) is 6.92 Å². The van der Waals surface area contributed by atoms with Gasteiger partial charge < -0.3 is 15.4 Å². The molecule has 0 fully saturated rings. The zero-order valence-electron chi connectivity index (χ0n) is 18.3. The Kier molecular flexibility index (Phi) is 6.23. The predicted molar refractivity (Wildman–Crippen MR) is 128 cm³/mol. The Labute approximate surface area is 194 Å². The number of hydrogen-bond acceptors (Lipinski definition) is 6. The van der Waals surface area contributed by atoms with Crippen LogP contribution in [0.25, 0.3) is 15.9 Å². The second-order valence-corrected chi connectivity index (χ2v) is 8.49. The summed E-state index contributed by atoms with van der Waals surface area (Å²) >= 11 is 1.27. The highest BCUT2D eigenvalue weighted by atomic mass is 32.1. The number of para-hydroxylation sites is 1. The molecular weight excluding hydrogens is 440 g/mol. The highest BCUT2D eigenvalue weighted by Crippen LogP contribution is 2.31. The fourth-order valence-electron chi connectivity index (χ4n) is 3.25. The van der Waals surface area contributed by atoms with E-state index in [1.54, 1.807) is 35.0 Å². The van der Waals surface area contributed by atoms with Crippen LogP contribution < -0.4 is 10.6 Å². The third kappa shape index (κ3) is 4.93. The minimum absolute atomic E-state index is 0.180. The third-order valence-electron chi connectivity index (χ3n) is 4.87. The average molecular weight is 463 g/mol. The third-order valence-corrected chi connectivity index (χ3v) is 5.96. The van der Waals surface area contributed by atoms with E-state index < -0.39 is 18.0 Å². The Morgan fingerprint density at radius 1 is 1.00 bits per heavy atom. The Bertz CT molecular complexity index is 1330. The van der Waals surface area contributed by atoms with Crippen LogP contribution >= 0.6 is 11.3 Å². The van der Waals surface area contributed by atoms with Crippen molar-refractivity contribution in [3.63, 3.8) is 0 Å². The molecule has 4 rings (SSSR count). The second kappa shape index (κ2) is 9.25. The lowest BCUT2D eigenvalue weighted by Gasteiger charge is -2.13. The first-order chi connectivity index (χ1) is 15.8. The van der Waals surface area contributed by atoms with Gasteiger partial charge in [0.05, 0.1) is 11.4 Å². The van der Waals surface area contributed by atoms with Crippen molar-refractivity contribution in [1.82, 2.24) is 9.78 Å². The number of carbonyl (C=O) groups excluding carboxylic acids is 3. The lowest BCUT2D eigenvalue weighted by Crippen LogP contribution is -2.29. The fraction of sp³-hybridized carbons (Fsp3) is 0.167. The largest absolute Gasteiger partial charge is 0.448 e. The molecule has 0 saturated heterocycles. The zero-order chi connectivity index (χ0) is 23.5. The lowest BCUT2D eigenvalue weighted by atomic mass is 10.2. The summed E-state index contributed by atoms with van der Waals surface area (Å²) in [6.07, 6.45) is -0.996. The van der Waals surface area contributed by atoms with Crippen LogP contribution in [0.3, 0.4) is 0 Å². The summed E-state index contributed by atoms with van der Waals surface area (Å²) in [6, 6.07) is 18.1. The number of thiophene rings is 1. The number of rotatable bonds is 6. The maximum atomic E-state index is 12.7. The van der Waals surface area contributed by atoms with Crippen molar-refractivity contribution in [3.8, 4) is 5.69 Å². The summed E-state index contributed by atoms with van der Waals surface area (Å²) in [6.45, 7) is 4.82. The molecule has 0 aliphatic rings. The van der Waals surface area contributed by atoms with Gasteiger partial charge in [0.25, 0.3) is 5.91 Å². The van der Waals surface area contributed by atoms with Crippen molar-refractivity contribution in [2.75, 3.05) is 10.6 Å². The van der Waals surface area contributed by atoms with Gasteiger partial charge in [-0.15, -0.1) is 11.3 Å². The molecule has 2 heterocycles. The Morgan fingerprint density at radius 2 is 1.64 bits per heavy atom. The smallest absolute Gasteiger partial charge is 0.349 e. The number of hydrogen-bond donors (Lipinski definition) is 2. The number of amides is 2. The number of anilines is 2. The fourth-order valence-corrected chi connectivity index (χ4v) is 4.31. The van der Waals surface area contributed by atoms with Crippen molar-refractivity contribution >= 4 is 50.7 Å². The van der Waals surface area contributed by atoms with Gasteiger partial charge in [-0.05, 0) is 56.3 Å². The standard InChI is InChI=1S/C24H22N4O4S/c1-14-20-13-21(33-23(20)28(27-14)19-7-5-4-6-8-19)24(31)32-15(2)22(30)26-18-11-9-17(10-12-18)25-16(3)29/h4-13,15H,1-3H3,(H,25,29)(H,26,30)/t15-/m0/s1. The van der Waals surface area contributed by atoms with Crippen molar-refractivity contribution in [1.29, 1.82) is 0 Å². The quantitative estimate of drug-likeness (QED) is 0.410. The van der Waals surface area contributed by atoms with Gasteiger partial charge in [-0.2, -0.15) is 5.10 Å². The molecule has 1 atom stereocenters. The van der Waals surface area contributed by atoms with Crippen LogP contribution in [-0.2, 0) is 14.3 Å². The van der Waals surface area contributed by atoms with Crippen molar-refractivity contribution in [3.05, 3.63) is 71.2 Å². The predicted octanol–water partition coefficient (Wildman–Crippen LogP) is 4.54. The molecule has 9 heteroatoms. The Morgan fingerprint density at radius 3 is 2.27 bits per heavy atom. The summed E-state index contributed by atoms with van der Waals surface area (Å²) < 4.78 is 7.20. The number of fused-ring (bicyclic) bond motifs is 1. The minimum Gasteiger partial charge on any atom is -0.448 e. The number of benzene rings is 2. The number of aromatic nitrogens is 2. The SMILES string of the molecule is CC(=O)Nc1ccc(NC(=O)[C@H](C)OC(=O)c2cc3c(C)nn(-c4ccccc4)c3s2)cc1. The summed E-state index contributed by atoms with van der Waals surface area (Å²) in [5.41, 5.74) is 2.85. The van der Waals surface area contributed by atoms with Crippen LogP contribution in [0.4, 0.5) is 11.4 Å². The molecule has 0 unspecified atom stereocenters. The van der Waals surface area contributed by atoms with Crippen molar-refractivity contribution < 1.29 is 19.1 Å². The van der Waals surface area contributed by atoms with E-state index in [0.29, 0.717) is 16.3 Å². The van der Waals surface area contributed by atoms with E-state index in [-0.39, 0.29) is 5.91 Å². The van der Waals surface area contributed by atoms with Crippen molar-refractivity contribution in [2.24, 2.45) is 0 Å². The Hall–Kier alpha value is -3.98. The van der Waals surface area contributed by atoms with E-state index in [0.717, 1.165) is 21.6 Å². The second-order valence-electron chi connectivity index (χ2n) is 7.46. The number of carbonyl (C=O) groups is 3. The maximum absolute atomic E-state index is 12.7. The van der Waals surface area contributed by atoms with Gasteiger partial charge in [-0.25, -0.2) is 9.48 Å². The minimum atomic E-state index is -0.996. The molecule has 2 aromatic heterocycles. The number of aryl methyl sites for hydroxylation is 1. The van der Waals surface area contributed by atoms with Crippen molar-refractivity contribution in [2.45, 2.75) is 26.9 Å². The molecule has 2 amide bonds. The Balaban J connectivity index is 1.44. The molecule has 0 aliphatic carbocycles. The van der Waals surface area contributed by atoms with Gasteiger partial charge in [0, 0.05) is 23.7 Å². The van der Waals surface area contributed by atoms with E-state index in [1.807, 2.05) is 37.3 Å². The van der Waals surface area contributed by atoms with Gasteiger partial charge >= 0.3 is 5.97 Å². The highest BCUT2D eigenvalue weighted by molar-refractivity contribution is 7.20. The topological polar surface area (TPSA) is 102 Å². The molecule has 0 aliphatic heterocycles. The number of nitrogens with zero attached hydrogens (tertiary/aromatic N) is 2. The average Bonchev–Trinajstić information content (AvgIpc) is 3.36. The normalized spacial score (nSPS) is 11.7. The molecule has 168 valence electrons. The van der Waals surface area contributed by atoms with Gasteiger partial charge in [-0.1, -0.05) is 18.2 Å². The summed E-state index contributed by atoms with van der Waals surface area (Å²) in [5, 5.41) is 10.8. The summed E-state index contributed by atoms with van der Waals surface area (Å²) in [5.74, 6) is -1.21. The molecule has 33 heavy (non-hydrogen) atoms. The zero-order valence-corrected chi connectivity index (χ0v) is 19.1. The molecular formula is C24H22N4O4S. The number of nitrogens with one attached hydrogen (secondary N) is 2. The van der Waals surface area contributed by atoms with Gasteiger partial charge in [-0.3, -0.25) is 9.59 Å². The van der Waals surface area contributed by atoms with Gasteiger partial charge in [0.1, 0.15) is 9.71 Å². The molecule has 2 N–H and O–H groups in total. The highest BCUT2D eigenvalue weighted by Gasteiger charge is 2.23. The monoisotopic (exact) mass is 462 g/mol. The molecule has 0 spiro atoms.